The van der Waals surface area contributed by atoms with Gasteiger partial charge in [-0.3, -0.25) is 18.1 Å². The van der Waals surface area contributed by atoms with Crippen LogP contribution in [0.25, 0.3) is 0 Å². The minimum absolute atomic E-state index is 0.0198. The molecule has 0 amide bonds. The summed E-state index contributed by atoms with van der Waals surface area (Å²) in [5, 5.41) is 15.2. The zero-order valence-corrected chi connectivity index (χ0v) is 24.3. The zero-order valence-electron chi connectivity index (χ0n) is 19.1. The summed E-state index contributed by atoms with van der Waals surface area (Å²) in [4.78, 5) is 35.2. The van der Waals surface area contributed by atoms with Gasteiger partial charge in [-0.1, -0.05) is 26.7 Å². The molecule has 208 valence electrons. The molecule has 0 saturated heterocycles. The maximum absolute atomic E-state index is 11.0. The van der Waals surface area contributed by atoms with Crippen molar-refractivity contribution in [1.29, 1.82) is 0 Å². The Balaban J connectivity index is -0.000000215. The van der Waals surface area contributed by atoms with Gasteiger partial charge in [0.15, 0.2) is 0 Å². The van der Waals surface area contributed by atoms with Crippen LogP contribution in [0.1, 0.15) is 39.5 Å². The molecule has 0 aromatic carbocycles. The standard InChI is InChI=1S/2C5H14O7P2.C2H6O2.O.Ti/c2*1-3-4-5-11-14(8,9)12-13(6,7)10-2;3-1-2-4;;/h2*3-5H2,1-2H3,(H,6,7)(H,8,9);3-4H,1-2H2;;. The van der Waals surface area contributed by atoms with Crippen LogP contribution in [-0.2, 0) is 68.7 Å². The molecule has 17 nitrogen and oxygen atoms in total. The van der Waals surface area contributed by atoms with Crippen molar-refractivity contribution in [3.63, 3.8) is 0 Å². The Bertz CT molecular complexity index is 610. The Morgan fingerprint density at radius 1 is 0.618 bits per heavy atom. The van der Waals surface area contributed by atoms with Crippen molar-refractivity contribution in [2.75, 3.05) is 40.6 Å². The molecule has 0 aliphatic carbocycles. The Kier molecular flexibility index (Phi) is 30.1. The van der Waals surface area contributed by atoms with Gasteiger partial charge in [-0.15, -0.1) is 0 Å². The molecule has 0 aromatic rings. The molecule has 34 heavy (non-hydrogen) atoms. The second kappa shape index (κ2) is 24.3. The van der Waals surface area contributed by atoms with Gasteiger partial charge in [0.1, 0.15) is 0 Å². The van der Waals surface area contributed by atoms with Gasteiger partial charge in [0.25, 0.3) is 0 Å². The summed E-state index contributed by atoms with van der Waals surface area (Å²) in [5.74, 6) is 0. The number of hydrogen-bond acceptors (Lipinski definition) is 13. The topological polar surface area (TPSA) is 262 Å². The third kappa shape index (κ3) is 33.0. The molecule has 0 aliphatic heterocycles. The van der Waals surface area contributed by atoms with Gasteiger partial charge in [0.05, 0.1) is 26.4 Å². The Hall–Kier alpha value is 0.954. The molecule has 4 atom stereocenters. The van der Waals surface area contributed by atoms with E-state index < -0.39 is 31.3 Å². The monoisotopic (exact) mass is 622 g/mol. The van der Waals surface area contributed by atoms with E-state index in [0.717, 1.165) is 47.5 Å². The second-order valence-corrected chi connectivity index (χ2v) is 11.5. The molecule has 0 saturated carbocycles. The number of phosphoric acid groups is 4. The molecular formula is C12H34O17P4Ti. The molecule has 6 N–H and O–H groups in total. The van der Waals surface area contributed by atoms with E-state index in [1.165, 1.54) is 0 Å². The SMILES string of the molecule is CCCCOP(=O)(O)OP(=O)(O)OC.CCCCOP(=O)(O)OP(=O)(O)OC.OCCO.[O]=[Ti]. The van der Waals surface area contributed by atoms with Gasteiger partial charge in [-0.25, -0.2) is 18.3 Å². The van der Waals surface area contributed by atoms with E-state index in [4.69, 9.17) is 33.1 Å². The molecule has 0 rings (SSSR count). The van der Waals surface area contributed by atoms with Crippen molar-refractivity contribution in [1.82, 2.24) is 0 Å². The van der Waals surface area contributed by atoms with Crippen LogP contribution in [0.5, 0.6) is 0 Å². The fourth-order valence-corrected chi connectivity index (χ4v) is 4.74. The summed E-state index contributed by atoms with van der Waals surface area (Å²) in [5.41, 5.74) is 0. The van der Waals surface area contributed by atoms with E-state index in [-0.39, 0.29) is 26.4 Å². The van der Waals surface area contributed by atoms with Gasteiger partial charge in [0.2, 0.25) is 0 Å². The second-order valence-electron chi connectivity index (χ2n) is 5.22. The van der Waals surface area contributed by atoms with E-state index in [1.54, 1.807) is 0 Å². The third-order valence-corrected chi connectivity index (χ3v) is 7.72. The van der Waals surface area contributed by atoms with Gasteiger partial charge in [-0.05, 0) is 12.8 Å². The molecule has 4 unspecified atom stereocenters. The van der Waals surface area contributed by atoms with Crippen molar-refractivity contribution < 1.29 is 98.5 Å². The first-order chi connectivity index (χ1) is 15.6. The molecule has 0 heterocycles. The Morgan fingerprint density at radius 3 is 1.06 bits per heavy atom. The summed E-state index contributed by atoms with van der Waals surface area (Å²) in [6, 6.07) is 0. The quantitative estimate of drug-likeness (QED) is 0.0868. The van der Waals surface area contributed by atoms with E-state index in [1.807, 2.05) is 13.8 Å². The maximum atomic E-state index is 11.0. The number of hydrogen-bond donors (Lipinski definition) is 6. The summed E-state index contributed by atoms with van der Waals surface area (Å²) in [6.07, 6.45) is 2.63. The van der Waals surface area contributed by atoms with Crippen molar-refractivity contribution in [3.8, 4) is 0 Å². The summed E-state index contributed by atoms with van der Waals surface area (Å²) in [6.45, 7) is 3.43. The molecule has 0 aliphatic rings. The van der Waals surface area contributed by atoms with Crippen molar-refractivity contribution >= 4 is 31.3 Å². The molecule has 0 aromatic heterocycles. The predicted octanol–water partition coefficient (Wildman–Crippen LogP) is 2.18. The Morgan fingerprint density at radius 2 is 0.882 bits per heavy atom. The normalized spacial score (nSPS) is 17.4. The molecule has 0 bridgehead atoms. The van der Waals surface area contributed by atoms with Crippen LogP contribution in [0.3, 0.4) is 0 Å². The number of aliphatic hydroxyl groups excluding tert-OH is 2. The van der Waals surface area contributed by atoms with Gasteiger partial charge in [0, 0.05) is 14.2 Å². The van der Waals surface area contributed by atoms with Crippen LogP contribution in [0.15, 0.2) is 0 Å². The van der Waals surface area contributed by atoms with Gasteiger partial charge >= 0.3 is 55.0 Å². The van der Waals surface area contributed by atoms with Crippen molar-refractivity contribution in [2.24, 2.45) is 0 Å². The first kappa shape index (κ1) is 42.1. The average Bonchev–Trinajstić information content (AvgIpc) is 2.74. The van der Waals surface area contributed by atoms with Crippen LogP contribution in [0, 0.1) is 0 Å². The molecule has 0 fully saturated rings. The van der Waals surface area contributed by atoms with Crippen LogP contribution in [0.2, 0.25) is 0 Å². The molecular weight excluding hydrogens is 588 g/mol. The Labute approximate surface area is 209 Å². The first-order valence-corrected chi connectivity index (χ1v) is 15.8. The van der Waals surface area contributed by atoms with E-state index in [2.05, 4.69) is 26.7 Å². The average molecular weight is 622 g/mol. The fraction of sp³-hybridized carbons (Fsp3) is 1.00. The summed E-state index contributed by atoms with van der Waals surface area (Å²) >= 11 is 0.750. The number of aliphatic hydroxyl groups is 2. The summed E-state index contributed by atoms with van der Waals surface area (Å²) in [7, 11) is -16.2. The molecule has 0 spiro atoms. The van der Waals surface area contributed by atoms with E-state index in [0.29, 0.717) is 12.8 Å². The number of rotatable bonds is 15. The third-order valence-electron chi connectivity index (χ3n) is 2.48. The van der Waals surface area contributed by atoms with Gasteiger partial charge in [-0.2, -0.15) is 8.62 Å². The van der Waals surface area contributed by atoms with E-state index >= 15 is 0 Å². The van der Waals surface area contributed by atoms with Crippen molar-refractivity contribution in [2.45, 2.75) is 39.5 Å². The van der Waals surface area contributed by atoms with E-state index in [9.17, 15) is 18.3 Å². The number of unbranched alkanes of at least 4 members (excludes halogenated alkanes) is 2. The molecule has 0 radical (unpaired) electrons. The first-order valence-electron chi connectivity index (χ1n) is 9.14. The van der Waals surface area contributed by atoms with Gasteiger partial charge < -0.3 is 29.8 Å². The minimum atomic E-state index is -4.50. The van der Waals surface area contributed by atoms with Crippen molar-refractivity contribution in [3.05, 3.63) is 0 Å². The number of phosphoric ester groups is 4. The fourth-order valence-electron chi connectivity index (χ4n) is 1.02. The predicted molar refractivity (Wildman–Crippen MR) is 112 cm³/mol. The van der Waals surface area contributed by atoms with Crippen LogP contribution in [-0.4, -0.2) is 70.4 Å². The van der Waals surface area contributed by atoms with Crippen LogP contribution >= 0.6 is 31.3 Å². The molecule has 22 heteroatoms. The summed E-state index contributed by atoms with van der Waals surface area (Å²) < 4.78 is 76.1. The van der Waals surface area contributed by atoms with Crippen LogP contribution < -0.4 is 0 Å². The zero-order chi connectivity index (χ0) is 27.9. The van der Waals surface area contributed by atoms with Crippen LogP contribution in [0.4, 0.5) is 0 Å².